The van der Waals surface area contributed by atoms with E-state index in [0.717, 1.165) is 22.5 Å². The third-order valence-electron chi connectivity index (χ3n) is 3.88. The predicted octanol–water partition coefficient (Wildman–Crippen LogP) is 3.53. The lowest BCUT2D eigenvalue weighted by Gasteiger charge is -2.24. The van der Waals surface area contributed by atoms with E-state index in [1.54, 1.807) is 0 Å². The molecule has 0 fully saturated rings. The lowest BCUT2D eigenvalue weighted by atomic mass is 9.90. The molecule has 1 unspecified atom stereocenters. The van der Waals surface area contributed by atoms with Crippen LogP contribution in [0.15, 0.2) is 33.7 Å². The molecule has 0 spiro atoms. The Morgan fingerprint density at radius 3 is 2.52 bits per heavy atom. The minimum absolute atomic E-state index is 0.0903. The summed E-state index contributed by atoms with van der Waals surface area (Å²) in [6.45, 7) is 9.51. The Labute approximate surface area is 160 Å². The number of aliphatic imine (C=N–C) groups is 1. The van der Waals surface area contributed by atoms with Crippen molar-refractivity contribution in [2.24, 2.45) is 10.4 Å². The van der Waals surface area contributed by atoms with Crippen LogP contribution in [0.25, 0.3) is 0 Å². The second-order valence-electron chi connectivity index (χ2n) is 7.13. The summed E-state index contributed by atoms with van der Waals surface area (Å²) < 4.78 is 23.8. The van der Waals surface area contributed by atoms with Crippen LogP contribution in [-0.2, 0) is 9.84 Å². The van der Waals surface area contributed by atoms with Gasteiger partial charge in [-0.05, 0) is 37.3 Å². The highest BCUT2D eigenvalue weighted by Gasteiger charge is 2.20. The fourth-order valence-electron chi connectivity index (χ4n) is 2.26. The number of benzene rings is 1. The highest BCUT2D eigenvalue weighted by molar-refractivity contribution is 9.10. The van der Waals surface area contributed by atoms with Gasteiger partial charge in [-0.25, -0.2) is 8.42 Å². The largest absolute Gasteiger partial charge is 0.357 e. The topological polar surface area (TPSA) is 70.6 Å². The van der Waals surface area contributed by atoms with Crippen molar-refractivity contribution in [2.45, 2.75) is 40.2 Å². The standard InChI is InChI=1S/C18H30BrN3O2S/c1-6-20-17(21-13-18(3,4)11-12-25(5,23)24)22-14(2)15-9-7-8-10-16(15)19/h7-10,14H,6,11-13H2,1-5H3,(H2,20,21,22). The van der Waals surface area contributed by atoms with Crippen LogP contribution in [0, 0.1) is 5.41 Å². The van der Waals surface area contributed by atoms with Gasteiger partial charge in [0.2, 0.25) is 0 Å². The summed E-state index contributed by atoms with van der Waals surface area (Å²) in [7, 11) is -2.95. The molecule has 0 aromatic heterocycles. The smallest absolute Gasteiger partial charge is 0.191 e. The molecule has 1 aromatic carbocycles. The molecule has 7 heteroatoms. The Kier molecular flexibility index (Phi) is 8.41. The SMILES string of the molecule is CCNC(=NCC(C)(C)CCS(C)(=O)=O)NC(C)c1ccccc1Br. The lowest BCUT2D eigenvalue weighted by Crippen LogP contribution is -2.39. The van der Waals surface area contributed by atoms with Crippen molar-refractivity contribution >= 4 is 31.7 Å². The number of guanidine groups is 1. The summed E-state index contributed by atoms with van der Waals surface area (Å²) in [5.41, 5.74) is 0.978. The monoisotopic (exact) mass is 431 g/mol. The van der Waals surface area contributed by atoms with Gasteiger partial charge in [0, 0.05) is 23.8 Å². The molecule has 0 bridgehead atoms. The van der Waals surface area contributed by atoms with E-state index in [-0.39, 0.29) is 17.2 Å². The van der Waals surface area contributed by atoms with Gasteiger partial charge in [-0.2, -0.15) is 0 Å². The second kappa shape index (κ2) is 9.57. The molecule has 0 saturated heterocycles. The van der Waals surface area contributed by atoms with E-state index in [2.05, 4.69) is 44.5 Å². The number of nitrogens with zero attached hydrogens (tertiary/aromatic N) is 1. The maximum atomic E-state index is 11.4. The van der Waals surface area contributed by atoms with Crippen molar-refractivity contribution in [3.05, 3.63) is 34.3 Å². The zero-order chi connectivity index (χ0) is 19.1. The first-order chi connectivity index (χ1) is 11.5. The number of hydrogen-bond acceptors (Lipinski definition) is 3. The molecule has 0 aliphatic carbocycles. The van der Waals surface area contributed by atoms with Crippen LogP contribution in [0.2, 0.25) is 0 Å². The van der Waals surface area contributed by atoms with E-state index < -0.39 is 9.84 Å². The molecule has 0 heterocycles. The van der Waals surface area contributed by atoms with Gasteiger partial charge in [0.1, 0.15) is 9.84 Å². The molecule has 5 nitrogen and oxygen atoms in total. The highest BCUT2D eigenvalue weighted by Crippen LogP contribution is 2.23. The Morgan fingerprint density at radius 2 is 1.96 bits per heavy atom. The molecule has 0 saturated carbocycles. The van der Waals surface area contributed by atoms with Crippen LogP contribution >= 0.6 is 15.9 Å². The Morgan fingerprint density at radius 1 is 1.32 bits per heavy atom. The Hall–Kier alpha value is -1.08. The first-order valence-electron chi connectivity index (χ1n) is 8.51. The van der Waals surface area contributed by atoms with Gasteiger partial charge in [0.15, 0.2) is 5.96 Å². The van der Waals surface area contributed by atoms with Crippen molar-refractivity contribution in [1.82, 2.24) is 10.6 Å². The maximum absolute atomic E-state index is 11.4. The van der Waals surface area contributed by atoms with Crippen molar-refractivity contribution < 1.29 is 8.42 Å². The zero-order valence-corrected chi connectivity index (χ0v) is 18.2. The fraction of sp³-hybridized carbons (Fsp3) is 0.611. The van der Waals surface area contributed by atoms with Crippen molar-refractivity contribution in [2.75, 3.05) is 25.1 Å². The van der Waals surface area contributed by atoms with Gasteiger partial charge < -0.3 is 10.6 Å². The van der Waals surface area contributed by atoms with Crippen molar-refractivity contribution in [1.29, 1.82) is 0 Å². The summed E-state index contributed by atoms with van der Waals surface area (Å²) in [6, 6.07) is 8.18. The van der Waals surface area contributed by atoms with Crippen molar-refractivity contribution in [3.63, 3.8) is 0 Å². The predicted molar refractivity (Wildman–Crippen MR) is 110 cm³/mol. The molecule has 25 heavy (non-hydrogen) atoms. The minimum Gasteiger partial charge on any atom is -0.357 e. The number of hydrogen-bond donors (Lipinski definition) is 2. The quantitative estimate of drug-likeness (QED) is 0.487. The normalized spacial score (nSPS) is 14.2. The van der Waals surface area contributed by atoms with E-state index in [9.17, 15) is 8.42 Å². The first kappa shape index (κ1) is 22.0. The highest BCUT2D eigenvalue weighted by atomic mass is 79.9. The average Bonchev–Trinajstić information content (AvgIpc) is 2.51. The van der Waals surface area contributed by atoms with Gasteiger partial charge in [-0.1, -0.05) is 48.0 Å². The summed E-state index contributed by atoms with van der Waals surface area (Å²) in [4.78, 5) is 4.67. The van der Waals surface area contributed by atoms with Gasteiger partial charge in [-0.3, -0.25) is 4.99 Å². The minimum atomic E-state index is -2.95. The molecule has 1 atom stereocenters. The van der Waals surface area contributed by atoms with E-state index in [0.29, 0.717) is 13.0 Å². The number of sulfone groups is 1. The zero-order valence-electron chi connectivity index (χ0n) is 15.8. The summed E-state index contributed by atoms with van der Waals surface area (Å²) in [5, 5.41) is 6.66. The summed E-state index contributed by atoms with van der Waals surface area (Å²) in [5.74, 6) is 0.922. The van der Waals surface area contributed by atoms with E-state index in [1.165, 1.54) is 6.26 Å². The third kappa shape index (κ3) is 8.72. The first-order valence-corrected chi connectivity index (χ1v) is 11.4. The maximum Gasteiger partial charge on any atom is 0.191 e. The fourth-order valence-corrected chi connectivity index (χ4v) is 3.81. The van der Waals surface area contributed by atoms with Crippen LogP contribution in [0.3, 0.4) is 0 Å². The molecule has 0 radical (unpaired) electrons. The molecule has 142 valence electrons. The van der Waals surface area contributed by atoms with Crippen LogP contribution in [0.4, 0.5) is 0 Å². The molecule has 2 N–H and O–H groups in total. The van der Waals surface area contributed by atoms with Gasteiger partial charge >= 0.3 is 0 Å². The van der Waals surface area contributed by atoms with Gasteiger partial charge in [0.05, 0.1) is 11.8 Å². The molecule has 0 aliphatic rings. The van der Waals surface area contributed by atoms with E-state index in [4.69, 9.17) is 0 Å². The average molecular weight is 432 g/mol. The van der Waals surface area contributed by atoms with Crippen LogP contribution in [0.1, 0.15) is 45.7 Å². The number of nitrogens with one attached hydrogen (secondary N) is 2. The molecule has 0 amide bonds. The third-order valence-corrected chi connectivity index (χ3v) is 5.55. The van der Waals surface area contributed by atoms with Crippen LogP contribution in [-0.4, -0.2) is 39.5 Å². The second-order valence-corrected chi connectivity index (χ2v) is 10.2. The molecular weight excluding hydrogens is 402 g/mol. The molecule has 0 aliphatic heterocycles. The summed E-state index contributed by atoms with van der Waals surface area (Å²) in [6.07, 6.45) is 1.87. The van der Waals surface area contributed by atoms with E-state index in [1.807, 2.05) is 39.0 Å². The van der Waals surface area contributed by atoms with Gasteiger partial charge in [0.25, 0.3) is 0 Å². The molecule has 1 aromatic rings. The lowest BCUT2D eigenvalue weighted by molar-refractivity contribution is 0.365. The number of halogens is 1. The van der Waals surface area contributed by atoms with Gasteiger partial charge in [-0.15, -0.1) is 0 Å². The van der Waals surface area contributed by atoms with Crippen LogP contribution in [0.5, 0.6) is 0 Å². The number of rotatable bonds is 8. The molecule has 1 rings (SSSR count). The summed E-state index contributed by atoms with van der Waals surface area (Å²) >= 11 is 3.58. The van der Waals surface area contributed by atoms with E-state index >= 15 is 0 Å². The van der Waals surface area contributed by atoms with Crippen molar-refractivity contribution in [3.8, 4) is 0 Å². The molecular formula is C18H30BrN3O2S. The Balaban J connectivity index is 2.78. The van der Waals surface area contributed by atoms with Crippen LogP contribution < -0.4 is 10.6 Å². The Bertz CT molecular complexity index is 687.